The van der Waals surface area contributed by atoms with Gasteiger partial charge in [0.05, 0.1) is 5.41 Å². The van der Waals surface area contributed by atoms with Gasteiger partial charge in [-0.3, -0.25) is 4.79 Å². The van der Waals surface area contributed by atoms with Crippen LogP contribution < -0.4 is 4.90 Å². The van der Waals surface area contributed by atoms with Crippen LogP contribution in [0.2, 0.25) is 5.02 Å². The fraction of sp³-hybridized carbons (Fsp3) is 0.632. The summed E-state index contributed by atoms with van der Waals surface area (Å²) in [6.07, 6.45) is 2.97. The minimum atomic E-state index is -0.131. The third-order valence-electron chi connectivity index (χ3n) is 5.16. The van der Waals surface area contributed by atoms with Gasteiger partial charge in [-0.25, -0.2) is 0 Å². The standard InChI is InChI=1S/C19H27ClN2O.ClH/c1-18(2,3)14-21-11-8-19(9-12-21)10-13-22(17(19)23)16-6-4-15(20)5-7-16;/h4-7H,8-14H2,1-3H3;1H. The number of rotatable bonds is 2. The van der Waals surface area contributed by atoms with E-state index in [-0.39, 0.29) is 17.8 Å². The van der Waals surface area contributed by atoms with Gasteiger partial charge in [-0.2, -0.15) is 0 Å². The number of amides is 1. The smallest absolute Gasteiger partial charge is 0.233 e. The highest BCUT2D eigenvalue weighted by Crippen LogP contribution is 2.43. The maximum atomic E-state index is 13.0. The molecule has 2 aliphatic rings. The van der Waals surface area contributed by atoms with Gasteiger partial charge in [0.1, 0.15) is 0 Å². The molecule has 3 nitrogen and oxygen atoms in total. The first-order valence-corrected chi connectivity index (χ1v) is 8.97. The van der Waals surface area contributed by atoms with Gasteiger partial charge >= 0.3 is 0 Å². The number of anilines is 1. The first kappa shape index (κ1) is 19.6. The molecule has 2 heterocycles. The molecule has 1 aromatic rings. The van der Waals surface area contributed by atoms with Gasteiger partial charge in [-0.05, 0) is 62.0 Å². The fourth-order valence-corrected chi connectivity index (χ4v) is 4.09. The van der Waals surface area contributed by atoms with E-state index < -0.39 is 0 Å². The molecule has 3 rings (SSSR count). The van der Waals surface area contributed by atoms with Crippen molar-refractivity contribution in [3.05, 3.63) is 29.3 Å². The average molecular weight is 371 g/mol. The number of carbonyl (C=O) groups excluding carboxylic acids is 1. The third-order valence-corrected chi connectivity index (χ3v) is 5.41. The molecule has 24 heavy (non-hydrogen) atoms. The van der Waals surface area contributed by atoms with Crippen LogP contribution in [0, 0.1) is 10.8 Å². The maximum absolute atomic E-state index is 13.0. The quantitative estimate of drug-likeness (QED) is 0.757. The molecule has 2 saturated heterocycles. The van der Waals surface area contributed by atoms with Crippen molar-refractivity contribution in [3.63, 3.8) is 0 Å². The summed E-state index contributed by atoms with van der Waals surface area (Å²) < 4.78 is 0. The lowest BCUT2D eigenvalue weighted by Crippen LogP contribution is -2.46. The Hall–Kier alpha value is -0.770. The van der Waals surface area contributed by atoms with Gasteiger partial charge < -0.3 is 9.80 Å². The summed E-state index contributed by atoms with van der Waals surface area (Å²) in [5.41, 5.74) is 1.17. The van der Waals surface area contributed by atoms with E-state index in [1.807, 2.05) is 29.2 Å². The first-order valence-electron chi connectivity index (χ1n) is 8.59. The minimum Gasteiger partial charge on any atom is -0.312 e. The van der Waals surface area contributed by atoms with Gasteiger partial charge in [-0.15, -0.1) is 12.4 Å². The van der Waals surface area contributed by atoms with Gasteiger partial charge in [0.2, 0.25) is 5.91 Å². The van der Waals surface area contributed by atoms with Crippen LogP contribution in [-0.2, 0) is 4.79 Å². The predicted octanol–water partition coefficient (Wildman–Crippen LogP) is 4.63. The number of piperidine rings is 1. The Balaban J connectivity index is 0.00000208. The summed E-state index contributed by atoms with van der Waals surface area (Å²) in [4.78, 5) is 17.5. The van der Waals surface area contributed by atoms with Crippen molar-refractivity contribution in [2.75, 3.05) is 31.1 Å². The molecule has 0 N–H and O–H groups in total. The van der Waals surface area contributed by atoms with E-state index in [9.17, 15) is 4.79 Å². The highest BCUT2D eigenvalue weighted by Gasteiger charge is 2.48. The number of hydrogen-bond acceptors (Lipinski definition) is 2. The molecule has 134 valence electrons. The SMILES string of the molecule is CC(C)(C)CN1CCC2(CC1)CCN(c1ccc(Cl)cc1)C2=O.Cl. The van der Waals surface area contributed by atoms with Crippen molar-refractivity contribution >= 4 is 35.6 Å². The van der Waals surface area contributed by atoms with Crippen molar-refractivity contribution in [2.45, 2.75) is 40.0 Å². The van der Waals surface area contributed by atoms with E-state index in [1.165, 1.54) is 0 Å². The lowest BCUT2D eigenvalue weighted by molar-refractivity contribution is -0.128. The normalized spacial score (nSPS) is 21.2. The highest BCUT2D eigenvalue weighted by molar-refractivity contribution is 6.30. The van der Waals surface area contributed by atoms with Crippen molar-refractivity contribution < 1.29 is 4.79 Å². The third kappa shape index (κ3) is 4.07. The van der Waals surface area contributed by atoms with Crippen LogP contribution in [0.5, 0.6) is 0 Å². The van der Waals surface area contributed by atoms with Gasteiger partial charge in [-0.1, -0.05) is 32.4 Å². The number of carbonyl (C=O) groups is 1. The number of hydrogen-bond donors (Lipinski definition) is 0. The van der Waals surface area contributed by atoms with Gasteiger partial charge in [0, 0.05) is 23.8 Å². The first-order chi connectivity index (χ1) is 10.8. The van der Waals surface area contributed by atoms with Gasteiger partial charge in [0.25, 0.3) is 0 Å². The molecule has 1 spiro atoms. The van der Waals surface area contributed by atoms with Crippen LogP contribution in [0.4, 0.5) is 5.69 Å². The Kier molecular flexibility index (Phi) is 5.89. The maximum Gasteiger partial charge on any atom is 0.233 e. The fourth-order valence-electron chi connectivity index (χ4n) is 3.96. The molecule has 0 aliphatic carbocycles. The molecule has 1 amide bonds. The van der Waals surface area contributed by atoms with Gasteiger partial charge in [0.15, 0.2) is 0 Å². The Bertz CT molecular complexity index is 572. The molecular formula is C19H28Cl2N2O. The summed E-state index contributed by atoms with van der Waals surface area (Å²) in [6, 6.07) is 7.63. The average Bonchev–Trinajstić information content (AvgIpc) is 2.79. The summed E-state index contributed by atoms with van der Waals surface area (Å²) >= 11 is 5.96. The predicted molar refractivity (Wildman–Crippen MR) is 103 cm³/mol. The van der Waals surface area contributed by atoms with Crippen molar-refractivity contribution in [1.82, 2.24) is 4.90 Å². The highest BCUT2D eigenvalue weighted by atomic mass is 35.5. The van der Waals surface area contributed by atoms with Crippen LogP contribution >= 0.6 is 24.0 Å². The molecule has 1 aromatic carbocycles. The van der Waals surface area contributed by atoms with Crippen LogP contribution in [0.1, 0.15) is 40.0 Å². The summed E-state index contributed by atoms with van der Waals surface area (Å²) in [7, 11) is 0. The molecule has 2 fully saturated rings. The Morgan fingerprint density at radius 1 is 1.04 bits per heavy atom. The van der Waals surface area contributed by atoms with E-state index in [0.717, 1.165) is 51.1 Å². The largest absolute Gasteiger partial charge is 0.312 e. The minimum absolute atomic E-state index is 0. The van der Waals surface area contributed by atoms with Crippen LogP contribution in [0.3, 0.4) is 0 Å². The Morgan fingerprint density at radius 3 is 2.12 bits per heavy atom. The second-order valence-corrected chi connectivity index (χ2v) is 8.74. The van der Waals surface area contributed by atoms with Crippen LogP contribution in [-0.4, -0.2) is 37.0 Å². The zero-order valence-corrected chi connectivity index (χ0v) is 16.4. The van der Waals surface area contributed by atoms with Crippen molar-refractivity contribution in [3.8, 4) is 0 Å². The molecular weight excluding hydrogens is 343 g/mol. The number of benzene rings is 1. The molecule has 0 bridgehead atoms. The second kappa shape index (κ2) is 7.23. The van der Waals surface area contributed by atoms with E-state index in [1.54, 1.807) is 0 Å². The lowest BCUT2D eigenvalue weighted by Gasteiger charge is -2.40. The zero-order valence-electron chi connectivity index (χ0n) is 14.8. The van der Waals surface area contributed by atoms with Crippen molar-refractivity contribution in [2.24, 2.45) is 10.8 Å². The Labute approximate surface area is 156 Å². The van der Waals surface area contributed by atoms with E-state index in [2.05, 4.69) is 25.7 Å². The molecule has 0 saturated carbocycles. The van der Waals surface area contributed by atoms with E-state index >= 15 is 0 Å². The summed E-state index contributed by atoms with van der Waals surface area (Å²) in [6.45, 7) is 10.9. The van der Waals surface area contributed by atoms with E-state index in [0.29, 0.717) is 16.3 Å². The monoisotopic (exact) mass is 370 g/mol. The molecule has 0 unspecified atom stereocenters. The molecule has 5 heteroatoms. The van der Waals surface area contributed by atoms with Crippen LogP contribution in [0.15, 0.2) is 24.3 Å². The lowest BCUT2D eigenvalue weighted by atomic mass is 9.76. The van der Waals surface area contributed by atoms with Crippen molar-refractivity contribution in [1.29, 1.82) is 0 Å². The van der Waals surface area contributed by atoms with E-state index in [4.69, 9.17) is 11.6 Å². The number of halogens is 2. The number of nitrogens with zero attached hydrogens (tertiary/aromatic N) is 2. The Morgan fingerprint density at radius 2 is 1.58 bits per heavy atom. The molecule has 0 radical (unpaired) electrons. The molecule has 0 atom stereocenters. The van der Waals surface area contributed by atoms with Crippen LogP contribution in [0.25, 0.3) is 0 Å². The summed E-state index contributed by atoms with van der Waals surface area (Å²) in [5, 5.41) is 0.714. The molecule has 2 aliphatic heterocycles. The molecule has 0 aromatic heterocycles. The second-order valence-electron chi connectivity index (χ2n) is 8.30. The number of likely N-dealkylation sites (tertiary alicyclic amines) is 1. The zero-order chi connectivity index (χ0) is 16.7. The topological polar surface area (TPSA) is 23.6 Å². The summed E-state index contributed by atoms with van der Waals surface area (Å²) in [5.74, 6) is 0.315.